The van der Waals surface area contributed by atoms with E-state index in [9.17, 15) is 18.0 Å². The van der Waals surface area contributed by atoms with E-state index in [4.69, 9.17) is 0 Å². The van der Waals surface area contributed by atoms with Crippen molar-refractivity contribution in [2.45, 2.75) is 18.7 Å². The highest BCUT2D eigenvalue weighted by atomic mass is 19.4. The molecule has 1 atom stereocenters. The summed E-state index contributed by atoms with van der Waals surface area (Å²) in [4.78, 5) is 12.1. The molecule has 22 heavy (non-hydrogen) atoms. The smallest absolute Gasteiger partial charge is 0.406 e. The van der Waals surface area contributed by atoms with Crippen LogP contribution >= 0.6 is 0 Å². The number of amides is 1. The summed E-state index contributed by atoms with van der Waals surface area (Å²) in [6.45, 7) is 0. The molecule has 3 rings (SSSR count). The average molecular weight is 307 g/mol. The molecule has 1 N–H and O–H groups in total. The molecule has 0 fully saturated rings. The summed E-state index contributed by atoms with van der Waals surface area (Å²) in [5.74, 6) is -1.01. The van der Waals surface area contributed by atoms with E-state index in [1.54, 1.807) is 30.3 Å². The van der Waals surface area contributed by atoms with Crippen LogP contribution in [0.5, 0.6) is 5.75 Å². The van der Waals surface area contributed by atoms with Crippen LogP contribution in [0.25, 0.3) is 0 Å². The summed E-state index contributed by atoms with van der Waals surface area (Å²) in [7, 11) is 0. The number of hydrogen-bond acceptors (Lipinski definition) is 2. The van der Waals surface area contributed by atoms with Gasteiger partial charge < -0.3 is 10.1 Å². The third-order valence-corrected chi connectivity index (χ3v) is 3.53. The van der Waals surface area contributed by atoms with Crippen molar-refractivity contribution in [3.63, 3.8) is 0 Å². The van der Waals surface area contributed by atoms with E-state index in [1.807, 2.05) is 0 Å². The molecular weight excluding hydrogens is 295 g/mol. The first kappa shape index (κ1) is 14.4. The second kappa shape index (κ2) is 5.36. The number of carbonyl (C=O) groups excluding carboxylic acids is 1. The third-order valence-electron chi connectivity index (χ3n) is 3.53. The SMILES string of the molecule is O=C1Nc2ccccc2[C@@H]1Cc1ccccc1OC(F)(F)F. The summed E-state index contributed by atoms with van der Waals surface area (Å²) in [6.07, 6.45) is -4.61. The van der Waals surface area contributed by atoms with Gasteiger partial charge in [-0.25, -0.2) is 0 Å². The molecule has 2 aromatic carbocycles. The fraction of sp³-hybridized carbons (Fsp3) is 0.188. The number of para-hydroxylation sites is 2. The van der Waals surface area contributed by atoms with Crippen molar-refractivity contribution in [1.82, 2.24) is 0 Å². The molecule has 0 unspecified atom stereocenters. The quantitative estimate of drug-likeness (QED) is 0.935. The lowest BCUT2D eigenvalue weighted by atomic mass is 9.93. The molecule has 114 valence electrons. The van der Waals surface area contributed by atoms with E-state index in [2.05, 4.69) is 10.1 Å². The maximum Gasteiger partial charge on any atom is 0.573 e. The van der Waals surface area contributed by atoms with Crippen molar-refractivity contribution in [2.24, 2.45) is 0 Å². The highest BCUT2D eigenvalue weighted by Gasteiger charge is 2.34. The molecular formula is C16H12F3NO2. The fourth-order valence-electron chi connectivity index (χ4n) is 2.60. The van der Waals surface area contributed by atoms with Gasteiger partial charge in [0.2, 0.25) is 5.91 Å². The van der Waals surface area contributed by atoms with Crippen molar-refractivity contribution >= 4 is 11.6 Å². The molecule has 0 aliphatic carbocycles. The largest absolute Gasteiger partial charge is 0.573 e. The number of fused-ring (bicyclic) bond motifs is 1. The minimum atomic E-state index is -4.76. The van der Waals surface area contributed by atoms with Crippen molar-refractivity contribution in [3.05, 3.63) is 59.7 Å². The standard InChI is InChI=1S/C16H12F3NO2/c17-16(18,19)22-14-8-4-1-5-10(14)9-12-11-6-2-3-7-13(11)20-15(12)21/h1-8,12H,9H2,(H,20,21)/t12-/m0/s1. The first-order valence-corrected chi connectivity index (χ1v) is 6.67. The summed E-state index contributed by atoms with van der Waals surface area (Å²) in [5.41, 5.74) is 1.83. The fourth-order valence-corrected chi connectivity index (χ4v) is 2.60. The number of hydrogen-bond donors (Lipinski definition) is 1. The highest BCUT2D eigenvalue weighted by Crippen LogP contribution is 2.37. The zero-order valence-corrected chi connectivity index (χ0v) is 11.4. The summed E-state index contributed by atoms with van der Waals surface area (Å²) >= 11 is 0. The first-order chi connectivity index (χ1) is 10.4. The molecule has 0 radical (unpaired) electrons. The van der Waals surface area contributed by atoms with Crippen LogP contribution < -0.4 is 10.1 Å². The third kappa shape index (κ3) is 2.90. The van der Waals surface area contributed by atoms with Crippen LogP contribution in [0, 0.1) is 0 Å². The van der Waals surface area contributed by atoms with Gasteiger partial charge in [0.05, 0.1) is 5.92 Å². The Morgan fingerprint density at radius 2 is 1.73 bits per heavy atom. The number of benzene rings is 2. The van der Waals surface area contributed by atoms with Crippen LogP contribution in [-0.2, 0) is 11.2 Å². The molecule has 6 heteroatoms. The first-order valence-electron chi connectivity index (χ1n) is 6.67. The summed E-state index contributed by atoms with van der Waals surface area (Å²) < 4.78 is 41.4. The molecule has 1 heterocycles. The number of nitrogens with one attached hydrogen (secondary N) is 1. The Kier molecular flexibility index (Phi) is 3.52. The van der Waals surface area contributed by atoms with Crippen molar-refractivity contribution in [2.75, 3.05) is 5.32 Å². The Hall–Kier alpha value is -2.50. The van der Waals surface area contributed by atoms with Gasteiger partial charge in [0.15, 0.2) is 0 Å². The monoisotopic (exact) mass is 307 g/mol. The predicted molar refractivity (Wildman–Crippen MR) is 74.6 cm³/mol. The van der Waals surface area contributed by atoms with E-state index in [1.165, 1.54) is 18.2 Å². The van der Waals surface area contributed by atoms with Gasteiger partial charge in [-0.15, -0.1) is 13.2 Å². The van der Waals surface area contributed by atoms with E-state index in [0.29, 0.717) is 11.3 Å². The minimum Gasteiger partial charge on any atom is -0.406 e. The van der Waals surface area contributed by atoms with Crippen molar-refractivity contribution in [3.8, 4) is 5.75 Å². The predicted octanol–water partition coefficient (Wildman–Crippen LogP) is 3.86. The molecule has 3 nitrogen and oxygen atoms in total. The lowest BCUT2D eigenvalue weighted by Crippen LogP contribution is -2.19. The Balaban J connectivity index is 1.90. The van der Waals surface area contributed by atoms with E-state index in [0.717, 1.165) is 5.56 Å². The Morgan fingerprint density at radius 3 is 2.50 bits per heavy atom. The topological polar surface area (TPSA) is 38.3 Å². The second-order valence-electron chi connectivity index (χ2n) is 4.99. The van der Waals surface area contributed by atoms with E-state index >= 15 is 0 Å². The Morgan fingerprint density at radius 1 is 1.05 bits per heavy atom. The molecule has 1 aliphatic rings. The number of anilines is 1. The lowest BCUT2D eigenvalue weighted by Gasteiger charge is -2.15. The zero-order valence-electron chi connectivity index (χ0n) is 11.4. The van der Waals surface area contributed by atoms with Gasteiger partial charge in [-0.2, -0.15) is 0 Å². The minimum absolute atomic E-state index is 0.148. The number of halogens is 3. The maximum atomic E-state index is 12.4. The number of ether oxygens (including phenoxy) is 1. The van der Waals surface area contributed by atoms with Gasteiger partial charge >= 0.3 is 6.36 Å². The molecule has 0 saturated heterocycles. The number of carbonyl (C=O) groups is 1. The van der Waals surface area contributed by atoms with Crippen LogP contribution in [0.1, 0.15) is 17.0 Å². The van der Waals surface area contributed by atoms with Crippen LogP contribution in [0.4, 0.5) is 18.9 Å². The van der Waals surface area contributed by atoms with Crippen LogP contribution in [0.15, 0.2) is 48.5 Å². The van der Waals surface area contributed by atoms with E-state index in [-0.39, 0.29) is 18.1 Å². The molecule has 2 aromatic rings. The Labute approximate surface area is 124 Å². The second-order valence-corrected chi connectivity index (χ2v) is 4.99. The lowest BCUT2D eigenvalue weighted by molar-refractivity contribution is -0.274. The Bertz CT molecular complexity index is 713. The normalized spacial score (nSPS) is 17.0. The summed E-state index contributed by atoms with van der Waals surface area (Å²) in [5, 5.41) is 2.73. The van der Waals surface area contributed by atoms with Gasteiger partial charge in [0, 0.05) is 5.69 Å². The van der Waals surface area contributed by atoms with Crippen molar-refractivity contribution in [1.29, 1.82) is 0 Å². The summed E-state index contributed by atoms with van der Waals surface area (Å²) in [6, 6.07) is 13.0. The average Bonchev–Trinajstić information content (AvgIpc) is 2.76. The van der Waals surface area contributed by atoms with Crippen LogP contribution in [-0.4, -0.2) is 12.3 Å². The molecule has 0 aromatic heterocycles. The van der Waals surface area contributed by atoms with E-state index < -0.39 is 12.3 Å². The van der Waals surface area contributed by atoms with Gasteiger partial charge in [-0.3, -0.25) is 4.79 Å². The van der Waals surface area contributed by atoms with Crippen molar-refractivity contribution < 1.29 is 22.7 Å². The molecule has 1 aliphatic heterocycles. The molecule has 1 amide bonds. The number of alkyl halides is 3. The molecule has 0 bridgehead atoms. The molecule has 0 spiro atoms. The van der Waals surface area contributed by atoms with Crippen LogP contribution in [0.2, 0.25) is 0 Å². The van der Waals surface area contributed by atoms with Gasteiger partial charge in [-0.1, -0.05) is 36.4 Å². The van der Waals surface area contributed by atoms with Gasteiger partial charge in [0.25, 0.3) is 0 Å². The van der Waals surface area contributed by atoms with Crippen LogP contribution in [0.3, 0.4) is 0 Å². The van der Waals surface area contributed by atoms with Gasteiger partial charge in [0.1, 0.15) is 5.75 Å². The van der Waals surface area contributed by atoms with Gasteiger partial charge in [-0.05, 0) is 29.7 Å². The molecule has 0 saturated carbocycles. The maximum absolute atomic E-state index is 12.4. The number of rotatable bonds is 3. The zero-order chi connectivity index (χ0) is 15.7. The highest BCUT2D eigenvalue weighted by molar-refractivity contribution is 6.03.